The number of piperidine rings is 2. The fourth-order valence-corrected chi connectivity index (χ4v) is 4.48. The molecule has 27 heavy (non-hydrogen) atoms. The molecule has 4 rings (SSSR count). The minimum absolute atomic E-state index is 0.0929. The highest BCUT2D eigenvalue weighted by molar-refractivity contribution is 6.05. The van der Waals surface area contributed by atoms with E-state index in [-0.39, 0.29) is 23.3 Å². The van der Waals surface area contributed by atoms with Crippen LogP contribution >= 0.6 is 0 Å². The first kappa shape index (κ1) is 18.3. The summed E-state index contributed by atoms with van der Waals surface area (Å²) in [7, 11) is 2.05. The Morgan fingerprint density at radius 3 is 2.48 bits per heavy atom. The lowest BCUT2D eigenvalue weighted by atomic mass is 9.80. The molecule has 9 nitrogen and oxygen atoms in total. The second-order valence-corrected chi connectivity index (χ2v) is 7.68. The van der Waals surface area contributed by atoms with Gasteiger partial charge in [0, 0.05) is 30.3 Å². The molecular formula is C18H24N4O5. The Morgan fingerprint density at radius 1 is 1.22 bits per heavy atom. The van der Waals surface area contributed by atoms with Gasteiger partial charge in [-0.3, -0.25) is 4.79 Å². The molecule has 9 heteroatoms. The number of carbonyl (C=O) groups excluding carboxylic acids is 1. The van der Waals surface area contributed by atoms with E-state index in [1.54, 1.807) is 18.2 Å². The molecule has 3 heterocycles. The van der Waals surface area contributed by atoms with Crippen LogP contribution in [0.3, 0.4) is 0 Å². The van der Waals surface area contributed by atoms with Gasteiger partial charge in [0.25, 0.3) is 5.91 Å². The molecule has 2 bridgehead atoms. The molecule has 2 fully saturated rings. The van der Waals surface area contributed by atoms with E-state index in [1.165, 1.54) is 6.07 Å². The van der Waals surface area contributed by atoms with Crippen molar-refractivity contribution in [2.24, 2.45) is 0 Å². The Balaban J connectivity index is 1.64. The molecule has 2 unspecified atom stereocenters. The molecule has 146 valence electrons. The van der Waals surface area contributed by atoms with E-state index in [4.69, 9.17) is 0 Å². The van der Waals surface area contributed by atoms with Gasteiger partial charge in [-0.15, -0.1) is 0 Å². The van der Waals surface area contributed by atoms with Crippen LogP contribution in [0.1, 0.15) is 42.6 Å². The van der Waals surface area contributed by atoms with E-state index in [0.29, 0.717) is 22.9 Å². The molecule has 1 aromatic heterocycles. The van der Waals surface area contributed by atoms with Crippen LogP contribution in [-0.2, 0) is 6.10 Å². The molecule has 5 N–H and O–H groups in total. The van der Waals surface area contributed by atoms with Crippen LogP contribution in [0.25, 0.3) is 10.9 Å². The van der Waals surface area contributed by atoms with Crippen LogP contribution in [0.2, 0.25) is 0 Å². The van der Waals surface area contributed by atoms with Gasteiger partial charge in [0.1, 0.15) is 5.72 Å². The van der Waals surface area contributed by atoms with Crippen molar-refractivity contribution in [3.05, 3.63) is 30.0 Å². The number of nitrogens with one attached hydrogen (secondary N) is 1. The molecule has 2 atom stereocenters. The number of rotatable bonds is 3. The lowest BCUT2D eigenvalue weighted by Gasteiger charge is -2.50. The summed E-state index contributed by atoms with van der Waals surface area (Å²) in [6, 6.07) is 6.81. The molecule has 2 saturated heterocycles. The maximum absolute atomic E-state index is 12.9. The minimum Gasteiger partial charge on any atom is -0.371 e. The summed E-state index contributed by atoms with van der Waals surface area (Å²) in [4.78, 5) is 15.1. The number of hydrogen-bond acceptors (Lipinski definition) is 7. The van der Waals surface area contributed by atoms with Crippen LogP contribution in [0, 0.1) is 0 Å². The van der Waals surface area contributed by atoms with Crippen molar-refractivity contribution < 1.29 is 25.2 Å². The average Bonchev–Trinajstić information content (AvgIpc) is 2.96. The highest BCUT2D eigenvalue weighted by Crippen LogP contribution is 2.37. The smallest absolute Gasteiger partial charge is 0.371 e. The van der Waals surface area contributed by atoms with E-state index in [2.05, 4.69) is 22.4 Å². The molecule has 2 aliphatic rings. The minimum atomic E-state index is -3.24. The predicted octanol–water partition coefficient (Wildman–Crippen LogP) is -0.354. The molecule has 0 aliphatic carbocycles. The summed E-state index contributed by atoms with van der Waals surface area (Å²) in [6.45, 7) is 0. The monoisotopic (exact) mass is 376 g/mol. The lowest BCUT2D eigenvalue weighted by molar-refractivity contribution is -0.378. The zero-order chi connectivity index (χ0) is 19.4. The van der Waals surface area contributed by atoms with Crippen LogP contribution < -0.4 is 5.32 Å². The Hall–Kier alpha value is -2.04. The number of aliphatic hydroxyl groups is 4. The van der Waals surface area contributed by atoms with E-state index in [1.807, 2.05) is 0 Å². The lowest BCUT2D eigenvalue weighted by Crippen LogP contribution is -2.62. The van der Waals surface area contributed by atoms with Crippen molar-refractivity contribution in [2.75, 3.05) is 7.05 Å². The van der Waals surface area contributed by atoms with Gasteiger partial charge in [0.05, 0.1) is 5.52 Å². The van der Waals surface area contributed by atoms with Gasteiger partial charge in [0.15, 0.2) is 5.69 Å². The summed E-state index contributed by atoms with van der Waals surface area (Å²) in [6.07, 6.45) is 0.683. The molecule has 0 saturated carbocycles. The summed E-state index contributed by atoms with van der Waals surface area (Å²) in [5, 5.41) is 46.5. The fourth-order valence-electron chi connectivity index (χ4n) is 4.48. The predicted molar refractivity (Wildman–Crippen MR) is 95.2 cm³/mol. The number of carbonyl (C=O) groups is 1. The first-order chi connectivity index (χ1) is 12.7. The normalized spacial score (nSPS) is 29.1. The van der Waals surface area contributed by atoms with Crippen molar-refractivity contribution >= 4 is 16.8 Å². The van der Waals surface area contributed by atoms with Gasteiger partial charge in [-0.25, -0.2) is 0 Å². The number of fused-ring (bicyclic) bond motifs is 3. The second-order valence-electron chi connectivity index (χ2n) is 7.68. The number of amides is 1. The molecule has 2 aliphatic heterocycles. The number of benzene rings is 1. The van der Waals surface area contributed by atoms with Gasteiger partial charge in [-0.05, 0) is 26.0 Å². The number of hydrogen-bond donors (Lipinski definition) is 5. The second kappa shape index (κ2) is 6.25. The first-order valence-electron chi connectivity index (χ1n) is 9.10. The van der Waals surface area contributed by atoms with Crippen molar-refractivity contribution in [2.45, 2.75) is 56.0 Å². The standard InChI is InChI=1S/C18H24N4O5/c1-21-11-5-4-6-12(21)10-17(24,9-11)19-16(23)15-13-7-2-3-8-14(13)22(20-15)18(25,26)27/h2-3,7-8,11-12,24-27H,4-6,9-10H2,1H3,(H,19,23). The number of nitrogens with zero attached hydrogens (tertiary/aromatic N) is 3. The molecule has 1 amide bonds. The summed E-state index contributed by atoms with van der Waals surface area (Å²) in [5.41, 5.74) is -1.26. The topological polar surface area (TPSA) is 131 Å². The summed E-state index contributed by atoms with van der Waals surface area (Å²) >= 11 is 0. The first-order valence-corrected chi connectivity index (χ1v) is 9.10. The van der Waals surface area contributed by atoms with Crippen molar-refractivity contribution in [1.29, 1.82) is 0 Å². The van der Waals surface area contributed by atoms with E-state index < -0.39 is 17.7 Å². The number of aromatic nitrogens is 2. The van der Waals surface area contributed by atoms with Gasteiger partial charge in [0.2, 0.25) is 0 Å². The van der Waals surface area contributed by atoms with Gasteiger partial charge >= 0.3 is 6.10 Å². The van der Waals surface area contributed by atoms with Crippen LogP contribution in [0.5, 0.6) is 0 Å². The Bertz CT molecular complexity index is 860. The van der Waals surface area contributed by atoms with Gasteiger partial charge in [-0.2, -0.15) is 9.78 Å². The SMILES string of the molecule is CN1C2CCCC1CC(O)(NC(=O)c1nn(C(O)(O)O)c3ccccc13)C2. The zero-order valence-corrected chi connectivity index (χ0v) is 15.0. The van der Waals surface area contributed by atoms with Crippen LogP contribution in [0.15, 0.2) is 24.3 Å². The molecule has 0 spiro atoms. The largest absolute Gasteiger partial charge is 0.389 e. The van der Waals surface area contributed by atoms with E-state index in [9.17, 15) is 25.2 Å². The molecule has 0 radical (unpaired) electrons. The number of para-hydroxylation sites is 1. The third kappa shape index (κ3) is 3.21. The fraction of sp³-hybridized carbons (Fsp3) is 0.556. The van der Waals surface area contributed by atoms with E-state index in [0.717, 1.165) is 19.3 Å². The maximum atomic E-state index is 12.9. The Morgan fingerprint density at radius 2 is 1.85 bits per heavy atom. The van der Waals surface area contributed by atoms with Gasteiger partial charge < -0.3 is 30.6 Å². The van der Waals surface area contributed by atoms with Crippen molar-refractivity contribution in [1.82, 2.24) is 20.0 Å². The highest BCUT2D eigenvalue weighted by Gasteiger charge is 2.45. The van der Waals surface area contributed by atoms with Gasteiger partial charge in [-0.1, -0.05) is 24.6 Å². The third-order valence-electron chi connectivity index (χ3n) is 5.81. The summed E-state index contributed by atoms with van der Waals surface area (Å²) in [5.74, 6) is -0.626. The maximum Gasteiger partial charge on any atom is 0.389 e. The van der Waals surface area contributed by atoms with Crippen molar-refractivity contribution in [3.63, 3.8) is 0 Å². The van der Waals surface area contributed by atoms with Crippen LogP contribution in [0.4, 0.5) is 0 Å². The van der Waals surface area contributed by atoms with E-state index >= 15 is 0 Å². The zero-order valence-electron chi connectivity index (χ0n) is 15.0. The Labute approximate surface area is 155 Å². The molecule has 1 aromatic carbocycles. The Kier molecular flexibility index (Phi) is 4.24. The molecular weight excluding hydrogens is 352 g/mol. The summed E-state index contributed by atoms with van der Waals surface area (Å²) < 4.78 is 0.560. The average molecular weight is 376 g/mol. The highest BCUT2D eigenvalue weighted by atomic mass is 16.7. The third-order valence-corrected chi connectivity index (χ3v) is 5.81. The quantitative estimate of drug-likeness (QED) is 0.463. The van der Waals surface area contributed by atoms with Crippen LogP contribution in [-0.4, -0.2) is 65.9 Å². The van der Waals surface area contributed by atoms with Crippen molar-refractivity contribution in [3.8, 4) is 0 Å². The molecule has 2 aromatic rings.